The standard InChI is InChI=1S/C27H17NO7/c1-34-15-8-6-7-14(13-15)28-21-16-9-2-3-10-17(16)22(29)20(21)27(33)35-26-24(31)19-12-5-4-11-18(19)23(30)25(26)32/h2-13,29,32H,1H3. The number of ketones is 2. The summed E-state index contributed by atoms with van der Waals surface area (Å²) in [5, 5.41) is 21.2. The number of carbonyl (C=O) groups is 3. The first kappa shape index (κ1) is 21.8. The molecular formula is C27H17NO7. The molecule has 0 radical (unpaired) electrons. The van der Waals surface area contributed by atoms with Gasteiger partial charge in [-0.2, -0.15) is 0 Å². The maximum atomic E-state index is 13.3. The topological polar surface area (TPSA) is 122 Å². The maximum absolute atomic E-state index is 13.3. The molecule has 5 rings (SSSR count). The van der Waals surface area contributed by atoms with Crippen LogP contribution in [-0.2, 0) is 9.53 Å². The van der Waals surface area contributed by atoms with Gasteiger partial charge in [-0.1, -0.05) is 54.6 Å². The first-order valence-corrected chi connectivity index (χ1v) is 10.5. The minimum atomic E-state index is -1.15. The highest BCUT2D eigenvalue weighted by molar-refractivity contribution is 6.36. The van der Waals surface area contributed by atoms with Gasteiger partial charge in [-0.15, -0.1) is 0 Å². The number of ether oxygens (including phenoxy) is 2. The Kier molecular flexibility index (Phi) is 5.25. The molecule has 0 unspecified atom stereocenters. The summed E-state index contributed by atoms with van der Waals surface area (Å²) in [6.45, 7) is 0. The predicted octanol–water partition coefficient (Wildman–Crippen LogP) is 4.49. The molecule has 2 N–H and O–H groups in total. The third-order valence-electron chi connectivity index (χ3n) is 5.66. The second-order valence-corrected chi connectivity index (χ2v) is 7.70. The number of aliphatic hydroxyl groups is 2. The summed E-state index contributed by atoms with van der Waals surface area (Å²) in [6, 6.07) is 19.3. The zero-order chi connectivity index (χ0) is 24.7. The van der Waals surface area contributed by atoms with Crippen LogP contribution in [0, 0.1) is 0 Å². The molecule has 3 aromatic rings. The fourth-order valence-corrected chi connectivity index (χ4v) is 3.97. The fraction of sp³-hybridized carbons (Fsp3) is 0.0370. The molecule has 0 fully saturated rings. The van der Waals surface area contributed by atoms with E-state index in [9.17, 15) is 24.6 Å². The van der Waals surface area contributed by atoms with Crippen molar-refractivity contribution in [2.24, 2.45) is 4.99 Å². The van der Waals surface area contributed by atoms with Crippen LogP contribution in [0.2, 0.25) is 0 Å². The summed E-state index contributed by atoms with van der Waals surface area (Å²) in [6.07, 6.45) is 0. The Balaban J connectivity index is 1.57. The van der Waals surface area contributed by atoms with E-state index in [4.69, 9.17) is 9.47 Å². The number of carbonyl (C=O) groups excluding carboxylic acids is 3. The van der Waals surface area contributed by atoms with Crippen molar-refractivity contribution in [2.75, 3.05) is 7.11 Å². The summed E-state index contributed by atoms with van der Waals surface area (Å²) in [5.41, 5.74) is 1.04. The van der Waals surface area contributed by atoms with Gasteiger partial charge in [-0.25, -0.2) is 9.79 Å². The van der Waals surface area contributed by atoms with Crippen molar-refractivity contribution in [1.82, 2.24) is 0 Å². The summed E-state index contributed by atoms with van der Waals surface area (Å²) >= 11 is 0. The van der Waals surface area contributed by atoms with E-state index in [0.29, 0.717) is 22.6 Å². The molecule has 0 bridgehead atoms. The van der Waals surface area contributed by atoms with Gasteiger partial charge in [0.05, 0.1) is 18.5 Å². The molecular weight excluding hydrogens is 450 g/mol. The number of benzene rings is 3. The highest BCUT2D eigenvalue weighted by Gasteiger charge is 2.39. The second kappa shape index (κ2) is 8.42. The van der Waals surface area contributed by atoms with Crippen LogP contribution in [0.5, 0.6) is 5.75 Å². The first-order chi connectivity index (χ1) is 16.9. The van der Waals surface area contributed by atoms with E-state index in [0.717, 1.165) is 0 Å². The first-order valence-electron chi connectivity index (χ1n) is 10.5. The van der Waals surface area contributed by atoms with Gasteiger partial charge < -0.3 is 19.7 Å². The average molecular weight is 467 g/mol. The van der Waals surface area contributed by atoms with Crippen molar-refractivity contribution in [3.05, 3.63) is 112 Å². The number of Topliss-reactive ketones (excluding diaryl/α,β-unsaturated/α-hetero) is 2. The number of rotatable bonds is 4. The zero-order valence-corrected chi connectivity index (χ0v) is 18.3. The molecule has 0 heterocycles. The third kappa shape index (κ3) is 3.57. The number of methoxy groups -OCH3 is 1. The molecule has 8 heteroatoms. The molecule has 3 aromatic carbocycles. The Hall–Kier alpha value is -4.98. The maximum Gasteiger partial charge on any atom is 0.349 e. The normalized spacial score (nSPS) is 15.9. The Labute approximate surface area is 199 Å². The van der Waals surface area contributed by atoms with Crippen molar-refractivity contribution in [3.63, 3.8) is 0 Å². The van der Waals surface area contributed by atoms with Crippen molar-refractivity contribution < 1.29 is 34.1 Å². The lowest BCUT2D eigenvalue weighted by Crippen LogP contribution is -2.26. The Morgan fingerprint density at radius 2 is 1.40 bits per heavy atom. The summed E-state index contributed by atoms with van der Waals surface area (Å²) in [7, 11) is 1.51. The van der Waals surface area contributed by atoms with E-state index in [1.54, 1.807) is 60.7 Å². The van der Waals surface area contributed by atoms with Gasteiger partial charge in [0.25, 0.3) is 0 Å². The molecule has 0 saturated heterocycles. The lowest BCUT2D eigenvalue weighted by atomic mass is 9.92. The van der Waals surface area contributed by atoms with E-state index in [-0.39, 0.29) is 22.4 Å². The number of esters is 1. The van der Waals surface area contributed by atoms with Crippen molar-refractivity contribution in [3.8, 4) is 5.75 Å². The molecule has 0 atom stereocenters. The van der Waals surface area contributed by atoms with E-state index < -0.39 is 34.8 Å². The van der Waals surface area contributed by atoms with Crippen LogP contribution >= 0.6 is 0 Å². The van der Waals surface area contributed by atoms with Gasteiger partial charge in [-0.05, 0) is 12.1 Å². The van der Waals surface area contributed by atoms with Gasteiger partial charge >= 0.3 is 5.97 Å². The van der Waals surface area contributed by atoms with Gasteiger partial charge in [0.15, 0.2) is 0 Å². The van der Waals surface area contributed by atoms with Crippen molar-refractivity contribution >= 4 is 34.7 Å². The lowest BCUT2D eigenvalue weighted by molar-refractivity contribution is -0.134. The van der Waals surface area contributed by atoms with E-state index >= 15 is 0 Å². The van der Waals surface area contributed by atoms with Crippen molar-refractivity contribution in [2.45, 2.75) is 0 Å². The molecule has 0 spiro atoms. The Morgan fingerprint density at radius 3 is 2.09 bits per heavy atom. The van der Waals surface area contributed by atoms with Crippen LogP contribution in [0.3, 0.4) is 0 Å². The monoisotopic (exact) mass is 467 g/mol. The van der Waals surface area contributed by atoms with Gasteiger partial charge in [0.1, 0.15) is 17.1 Å². The van der Waals surface area contributed by atoms with Crippen molar-refractivity contribution in [1.29, 1.82) is 0 Å². The highest BCUT2D eigenvalue weighted by Crippen LogP contribution is 2.35. The quantitative estimate of drug-likeness (QED) is 0.542. The summed E-state index contributed by atoms with van der Waals surface area (Å²) < 4.78 is 10.5. The van der Waals surface area contributed by atoms with Gasteiger partial charge in [-0.3, -0.25) is 9.59 Å². The largest absolute Gasteiger partial charge is 0.506 e. The molecule has 172 valence electrons. The van der Waals surface area contributed by atoms with E-state index in [2.05, 4.69) is 4.99 Å². The molecule has 0 amide bonds. The van der Waals surface area contributed by atoms with Gasteiger partial charge in [0, 0.05) is 28.3 Å². The number of aliphatic imine (C=N–C) groups is 1. The second-order valence-electron chi connectivity index (χ2n) is 7.70. The average Bonchev–Trinajstić information content (AvgIpc) is 3.16. The fourth-order valence-electron chi connectivity index (χ4n) is 3.97. The van der Waals surface area contributed by atoms with Crippen LogP contribution in [0.25, 0.3) is 5.76 Å². The summed E-state index contributed by atoms with van der Waals surface area (Å²) in [5.74, 6) is -4.48. The van der Waals surface area contributed by atoms with Crippen LogP contribution in [-0.4, -0.2) is 40.6 Å². The molecule has 0 aliphatic heterocycles. The van der Waals surface area contributed by atoms with E-state index in [1.165, 1.54) is 19.2 Å². The molecule has 0 saturated carbocycles. The SMILES string of the molecule is COc1cccc(N=C2C(C(=O)OC3=C(O)C(=O)c4ccccc4C3=O)=C(O)c3ccccc32)c1. The summed E-state index contributed by atoms with van der Waals surface area (Å²) in [4.78, 5) is 43.2. The number of hydrogen-bond acceptors (Lipinski definition) is 8. The molecule has 35 heavy (non-hydrogen) atoms. The molecule has 2 aliphatic carbocycles. The van der Waals surface area contributed by atoms with Crippen LogP contribution in [0.4, 0.5) is 5.69 Å². The highest BCUT2D eigenvalue weighted by atomic mass is 16.5. The predicted molar refractivity (Wildman–Crippen MR) is 126 cm³/mol. The number of aliphatic hydroxyl groups excluding tert-OH is 2. The van der Waals surface area contributed by atoms with Crippen LogP contribution < -0.4 is 4.74 Å². The number of hydrogen-bond donors (Lipinski definition) is 2. The van der Waals surface area contributed by atoms with E-state index in [1.807, 2.05) is 0 Å². The molecule has 0 aromatic heterocycles. The number of nitrogens with zero attached hydrogens (tertiary/aromatic N) is 1. The molecule has 8 nitrogen and oxygen atoms in total. The van der Waals surface area contributed by atoms with Crippen LogP contribution in [0.15, 0.2) is 94.9 Å². The molecule has 2 aliphatic rings. The Bertz CT molecular complexity index is 1530. The minimum Gasteiger partial charge on any atom is -0.506 e. The van der Waals surface area contributed by atoms with Crippen LogP contribution in [0.1, 0.15) is 31.8 Å². The van der Waals surface area contributed by atoms with Gasteiger partial charge in [0.2, 0.25) is 23.1 Å². The third-order valence-corrected chi connectivity index (χ3v) is 5.66. The number of fused-ring (bicyclic) bond motifs is 2. The number of allylic oxidation sites excluding steroid dienone is 2. The lowest BCUT2D eigenvalue weighted by Gasteiger charge is -2.17. The Morgan fingerprint density at radius 1 is 0.771 bits per heavy atom. The smallest absolute Gasteiger partial charge is 0.349 e. The minimum absolute atomic E-state index is 0.00344. The zero-order valence-electron chi connectivity index (χ0n) is 18.3.